The summed E-state index contributed by atoms with van der Waals surface area (Å²) in [5.41, 5.74) is 0. The first-order chi connectivity index (χ1) is 7.92. The van der Waals surface area contributed by atoms with E-state index in [0.29, 0.717) is 0 Å². The van der Waals surface area contributed by atoms with Crippen molar-refractivity contribution in [2.24, 2.45) is 5.92 Å². The molecule has 0 amide bonds. The third-order valence-corrected chi connectivity index (χ3v) is 4.62. The average molecular weight is 223 g/mol. The average Bonchev–Trinajstić information content (AvgIpc) is 2.84. The standard InChI is InChI=1S/C13H25N3/c1-2-6-16(5-1)13-4-8-15(11-13)7-3-12-9-14-10-12/h12-14H,1-11H2. The van der Waals surface area contributed by atoms with Gasteiger partial charge in [-0.1, -0.05) is 0 Å². The van der Waals surface area contributed by atoms with Crippen LogP contribution >= 0.6 is 0 Å². The van der Waals surface area contributed by atoms with Crippen LogP contribution in [-0.4, -0.2) is 61.7 Å². The topological polar surface area (TPSA) is 18.5 Å². The maximum atomic E-state index is 3.36. The lowest BCUT2D eigenvalue weighted by Crippen LogP contribution is -2.43. The molecule has 3 saturated heterocycles. The minimum absolute atomic E-state index is 0.891. The molecule has 3 fully saturated rings. The van der Waals surface area contributed by atoms with E-state index in [1.54, 1.807) is 0 Å². The highest BCUT2D eigenvalue weighted by Crippen LogP contribution is 2.21. The van der Waals surface area contributed by atoms with Crippen molar-refractivity contribution in [3.63, 3.8) is 0 Å². The van der Waals surface area contributed by atoms with Crippen LogP contribution in [0.3, 0.4) is 0 Å². The predicted molar refractivity (Wildman–Crippen MR) is 66.6 cm³/mol. The molecule has 1 unspecified atom stereocenters. The van der Waals surface area contributed by atoms with Crippen LogP contribution in [0.2, 0.25) is 0 Å². The molecule has 3 nitrogen and oxygen atoms in total. The van der Waals surface area contributed by atoms with Crippen molar-refractivity contribution < 1.29 is 0 Å². The van der Waals surface area contributed by atoms with Gasteiger partial charge in [-0.15, -0.1) is 0 Å². The fourth-order valence-corrected chi connectivity index (χ4v) is 3.34. The molecule has 3 aliphatic rings. The second kappa shape index (κ2) is 5.03. The number of nitrogens with zero attached hydrogens (tertiary/aromatic N) is 2. The Morgan fingerprint density at radius 2 is 1.88 bits per heavy atom. The van der Waals surface area contributed by atoms with E-state index in [2.05, 4.69) is 15.1 Å². The first kappa shape index (κ1) is 11.0. The number of rotatable bonds is 4. The molecule has 0 aromatic carbocycles. The molecule has 92 valence electrons. The zero-order valence-electron chi connectivity index (χ0n) is 10.3. The maximum absolute atomic E-state index is 3.36. The Bertz CT molecular complexity index is 221. The summed E-state index contributed by atoms with van der Waals surface area (Å²) in [6.07, 6.45) is 5.71. The van der Waals surface area contributed by atoms with Crippen molar-refractivity contribution >= 4 is 0 Å². The summed E-state index contributed by atoms with van der Waals surface area (Å²) < 4.78 is 0. The highest BCUT2D eigenvalue weighted by molar-refractivity contribution is 4.86. The molecular weight excluding hydrogens is 198 g/mol. The molecule has 0 aromatic rings. The molecule has 0 bridgehead atoms. The monoisotopic (exact) mass is 223 g/mol. The number of likely N-dealkylation sites (tertiary alicyclic amines) is 2. The van der Waals surface area contributed by atoms with Crippen LogP contribution in [-0.2, 0) is 0 Å². The SMILES string of the molecule is C1CCN(C2CCN(CCC3CNC3)C2)C1. The lowest BCUT2D eigenvalue weighted by Gasteiger charge is -2.29. The van der Waals surface area contributed by atoms with Crippen molar-refractivity contribution in [1.29, 1.82) is 0 Å². The Hall–Kier alpha value is -0.120. The van der Waals surface area contributed by atoms with Gasteiger partial charge in [-0.05, 0) is 70.9 Å². The lowest BCUT2D eigenvalue weighted by molar-refractivity contribution is 0.217. The summed E-state index contributed by atoms with van der Waals surface area (Å²) in [4.78, 5) is 5.42. The quantitative estimate of drug-likeness (QED) is 0.759. The smallest absolute Gasteiger partial charge is 0.0235 e. The fourth-order valence-electron chi connectivity index (χ4n) is 3.34. The Kier molecular flexibility index (Phi) is 3.46. The first-order valence-electron chi connectivity index (χ1n) is 7.09. The van der Waals surface area contributed by atoms with Crippen LogP contribution in [0.25, 0.3) is 0 Å². The molecule has 3 rings (SSSR count). The molecular formula is C13H25N3. The van der Waals surface area contributed by atoms with Gasteiger partial charge in [0.2, 0.25) is 0 Å². The van der Waals surface area contributed by atoms with Crippen molar-refractivity contribution in [2.45, 2.75) is 31.7 Å². The van der Waals surface area contributed by atoms with Crippen LogP contribution in [0.4, 0.5) is 0 Å². The number of hydrogen-bond acceptors (Lipinski definition) is 3. The summed E-state index contributed by atoms with van der Waals surface area (Å²) in [5.74, 6) is 0.978. The first-order valence-corrected chi connectivity index (χ1v) is 7.09. The summed E-state index contributed by atoms with van der Waals surface area (Å²) in [6, 6.07) is 0.891. The Morgan fingerprint density at radius 1 is 1.06 bits per heavy atom. The number of hydrogen-bond donors (Lipinski definition) is 1. The molecule has 1 N–H and O–H groups in total. The van der Waals surface area contributed by atoms with Crippen LogP contribution in [0.5, 0.6) is 0 Å². The molecule has 16 heavy (non-hydrogen) atoms. The van der Waals surface area contributed by atoms with E-state index in [0.717, 1.165) is 12.0 Å². The van der Waals surface area contributed by atoms with E-state index in [1.165, 1.54) is 71.5 Å². The zero-order valence-corrected chi connectivity index (χ0v) is 10.3. The fraction of sp³-hybridized carbons (Fsp3) is 1.00. The largest absolute Gasteiger partial charge is 0.316 e. The van der Waals surface area contributed by atoms with Crippen LogP contribution in [0.15, 0.2) is 0 Å². The minimum atomic E-state index is 0.891. The van der Waals surface area contributed by atoms with Gasteiger partial charge in [0.25, 0.3) is 0 Å². The molecule has 1 atom stereocenters. The van der Waals surface area contributed by atoms with E-state index < -0.39 is 0 Å². The second-order valence-electron chi connectivity index (χ2n) is 5.80. The third kappa shape index (κ3) is 2.41. The Morgan fingerprint density at radius 3 is 2.56 bits per heavy atom. The van der Waals surface area contributed by atoms with Gasteiger partial charge < -0.3 is 10.2 Å². The molecule has 3 aliphatic heterocycles. The molecule has 0 aromatic heterocycles. The van der Waals surface area contributed by atoms with Gasteiger partial charge in [0.15, 0.2) is 0 Å². The molecule has 3 heterocycles. The van der Waals surface area contributed by atoms with Gasteiger partial charge in [0.1, 0.15) is 0 Å². The summed E-state index contributed by atoms with van der Waals surface area (Å²) in [6.45, 7) is 9.31. The molecule has 0 radical (unpaired) electrons. The van der Waals surface area contributed by atoms with E-state index in [4.69, 9.17) is 0 Å². The van der Waals surface area contributed by atoms with Gasteiger partial charge in [-0.3, -0.25) is 4.90 Å². The summed E-state index contributed by atoms with van der Waals surface area (Å²) in [5, 5.41) is 3.36. The normalized spacial score (nSPS) is 33.4. The third-order valence-electron chi connectivity index (χ3n) is 4.62. The highest BCUT2D eigenvalue weighted by atomic mass is 15.3. The van der Waals surface area contributed by atoms with E-state index in [-0.39, 0.29) is 0 Å². The Labute approximate surface area is 99.2 Å². The predicted octanol–water partition coefficient (Wildman–Crippen LogP) is 0.766. The van der Waals surface area contributed by atoms with Crippen LogP contribution < -0.4 is 5.32 Å². The second-order valence-corrected chi connectivity index (χ2v) is 5.80. The van der Waals surface area contributed by atoms with E-state index in [1.807, 2.05) is 0 Å². The molecule has 3 heteroatoms. The van der Waals surface area contributed by atoms with Gasteiger partial charge >= 0.3 is 0 Å². The zero-order chi connectivity index (χ0) is 10.8. The van der Waals surface area contributed by atoms with Crippen molar-refractivity contribution in [2.75, 3.05) is 45.8 Å². The van der Waals surface area contributed by atoms with Gasteiger partial charge in [-0.25, -0.2) is 0 Å². The van der Waals surface area contributed by atoms with Crippen molar-refractivity contribution in [1.82, 2.24) is 15.1 Å². The lowest BCUT2D eigenvalue weighted by atomic mass is 9.99. The van der Waals surface area contributed by atoms with E-state index in [9.17, 15) is 0 Å². The summed E-state index contributed by atoms with van der Waals surface area (Å²) >= 11 is 0. The molecule has 0 spiro atoms. The van der Waals surface area contributed by atoms with Crippen LogP contribution in [0, 0.1) is 5.92 Å². The molecule has 0 aliphatic carbocycles. The highest BCUT2D eigenvalue weighted by Gasteiger charge is 2.29. The Balaban J connectivity index is 1.38. The van der Waals surface area contributed by atoms with Gasteiger partial charge in [0, 0.05) is 12.6 Å². The van der Waals surface area contributed by atoms with Crippen molar-refractivity contribution in [3.05, 3.63) is 0 Å². The number of nitrogens with one attached hydrogen (secondary N) is 1. The maximum Gasteiger partial charge on any atom is 0.0235 e. The van der Waals surface area contributed by atoms with E-state index >= 15 is 0 Å². The molecule has 0 saturated carbocycles. The summed E-state index contributed by atoms with van der Waals surface area (Å²) in [7, 11) is 0. The van der Waals surface area contributed by atoms with Gasteiger partial charge in [0.05, 0.1) is 0 Å². The van der Waals surface area contributed by atoms with Gasteiger partial charge in [-0.2, -0.15) is 0 Å². The minimum Gasteiger partial charge on any atom is -0.316 e. The van der Waals surface area contributed by atoms with Crippen molar-refractivity contribution in [3.8, 4) is 0 Å². The van der Waals surface area contributed by atoms with Crippen LogP contribution in [0.1, 0.15) is 25.7 Å².